The van der Waals surface area contributed by atoms with Gasteiger partial charge in [-0.3, -0.25) is 0 Å². The number of halogens is 1. The molecule has 0 fully saturated rings. The molecule has 0 aliphatic carbocycles. The van der Waals surface area contributed by atoms with Crippen molar-refractivity contribution in [2.75, 3.05) is 0 Å². The zero-order valence-corrected chi connectivity index (χ0v) is 11.9. The van der Waals surface area contributed by atoms with E-state index in [-0.39, 0.29) is 0 Å². The number of ether oxygens (including phenoxy) is 1. The quantitative estimate of drug-likeness (QED) is 0.911. The molecule has 0 amide bonds. The standard InChI is InChI=1S/C16H18ClNO/c1-16(2,18)13-8-9-15(14(17)10-13)19-11-12-6-4-3-5-7-12/h3-10H,11,18H2,1-2H3. The molecule has 2 aromatic rings. The summed E-state index contributed by atoms with van der Waals surface area (Å²) in [7, 11) is 0. The van der Waals surface area contributed by atoms with Crippen molar-refractivity contribution < 1.29 is 4.74 Å². The van der Waals surface area contributed by atoms with E-state index in [1.54, 1.807) is 0 Å². The van der Waals surface area contributed by atoms with Gasteiger partial charge in [-0.05, 0) is 37.1 Å². The van der Waals surface area contributed by atoms with Gasteiger partial charge in [-0.25, -0.2) is 0 Å². The maximum Gasteiger partial charge on any atom is 0.138 e. The number of nitrogens with two attached hydrogens (primary N) is 1. The van der Waals surface area contributed by atoms with Gasteiger partial charge in [-0.1, -0.05) is 48.0 Å². The van der Waals surface area contributed by atoms with Crippen LogP contribution < -0.4 is 10.5 Å². The topological polar surface area (TPSA) is 35.2 Å². The number of benzene rings is 2. The first kappa shape index (κ1) is 13.9. The summed E-state index contributed by atoms with van der Waals surface area (Å²) in [5.74, 6) is 0.679. The van der Waals surface area contributed by atoms with Gasteiger partial charge in [0.05, 0.1) is 5.02 Å². The van der Waals surface area contributed by atoms with Crippen molar-refractivity contribution in [3.8, 4) is 5.75 Å². The van der Waals surface area contributed by atoms with Gasteiger partial charge in [0.25, 0.3) is 0 Å². The number of hydrogen-bond donors (Lipinski definition) is 1. The highest BCUT2D eigenvalue weighted by molar-refractivity contribution is 6.32. The van der Waals surface area contributed by atoms with Crippen molar-refractivity contribution in [1.82, 2.24) is 0 Å². The van der Waals surface area contributed by atoms with E-state index in [1.165, 1.54) is 0 Å². The van der Waals surface area contributed by atoms with Crippen LogP contribution in [0, 0.1) is 0 Å². The van der Waals surface area contributed by atoms with Crippen LogP contribution in [-0.4, -0.2) is 0 Å². The SMILES string of the molecule is CC(C)(N)c1ccc(OCc2ccccc2)c(Cl)c1. The molecular weight excluding hydrogens is 258 g/mol. The summed E-state index contributed by atoms with van der Waals surface area (Å²) in [5, 5.41) is 0.590. The van der Waals surface area contributed by atoms with Gasteiger partial charge in [0.1, 0.15) is 12.4 Å². The van der Waals surface area contributed by atoms with E-state index in [4.69, 9.17) is 22.1 Å². The molecule has 0 saturated carbocycles. The Morgan fingerprint density at radius 1 is 1.11 bits per heavy atom. The zero-order chi connectivity index (χ0) is 13.9. The van der Waals surface area contributed by atoms with Crippen LogP contribution in [-0.2, 0) is 12.1 Å². The van der Waals surface area contributed by atoms with Gasteiger partial charge in [-0.15, -0.1) is 0 Å². The molecule has 2 aromatic carbocycles. The van der Waals surface area contributed by atoms with E-state index >= 15 is 0 Å². The van der Waals surface area contributed by atoms with Gasteiger partial charge in [0.2, 0.25) is 0 Å². The molecule has 100 valence electrons. The van der Waals surface area contributed by atoms with Gasteiger partial charge in [0, 0.05) is 5.54 Å². The van der Waals surface area contributed by atoms with E-state index in [2.05, 4.69) is 0 Å². The molecule has 0 aromatic heterocycles. The van der Waals surface area contributed by atoms with Gasteiger partial charge >= 0.3 is 0 Å². The monoisotopic (exact) mass is 275 g/mol. The molecule has 0 unspecified atom stereocenters. The Morgan fingerprint density at radius 3 is 2.37 bits per heavy atom. The molecule has 0 heterocycles. The second kappa shape index (κ2) is 5.64. The smallest absolute Gasteiger partial charge is 0.138 e. The molecular formula is C16H18ClNO. The largest absolute Gasteiger partial charge is 0.487 e. The van der Waals surface area contributed by atoms with Crippen LogP contribution in [0.3, 0.4) is 0 Å². The van der Waals surface area contributed by atoms with Crippen molar-refractivity contribution in [2.24, 2.45) is 5.73 Å². The second-order valence-electron chi connectivity index (χ2n) is 5.14. The van der Waals surface area contributed by atoms with Crippen LogP contribution in [0.25, 0.3) is 0 Å². The molecule has 0 spiro atoms. The maximum absolute atomic E-state index is 6.22. The van der Waals surface area contributed by atoms with Crippen molar-refractivity contribution in [1.29, 1.82) is 0 Å². The summed E-state index contributed by atoms with van der Waals surface area (Å²) < 4.78 is 5.72. The van der Waals surface area contributed by atoms with E-state index in [9.17, 15) is 0 Å². The van der Waals surface area contributed by atoms with Gasteiger partial charge in [0.15, 0.2) is 0 Å². The minimum Gasteiger partial charge on any atom is -0.487 e. The van der Waals surface area contributed by atoms with Crippen molar-refractivity contribution in [2.45, 2.75) is 26.0 Å². The second-order valence-corrected chi connectivity index (χ2v) is 5.55. The minimum absolute atomic E-state index is 0.401. The number of rotatable bonds is 4. The zero-order valence-electron chi connectivity index (χ0n) is 11.2. The summed E-state index contributed by atoms with van der Waals surface area (Å²) >= 11 is 6.22. The average Bonchev–Trinajstić information content (AvgIpc) is 2.37. The molecule has 2 rings (SSSR count). The predicted molar refractivity (Wildman–Crippen MR) is 79.4 cm³/mol. The third-order valence-corrected chi connectivity index (χ3v) is 3.21. The molecule has 2 nitrogen and oxygen atoms in total. The highest BCUT2D eigenvalue weighted by Crippen LogP contribution is 2.29. The third kappa shape index (κ3) is 3.72. The normalized spacial score (nSPS) is 11.4. The molecule has 0 aliphatic heterocycles. The van der Waals surface area contributed by atoms with Crippen molar-refractivity contribution in [3.05, 3.63) is 64.7 Å². The summed E-state index contributed by atoms with van der Waals surface area (Å²) in [6.45, 7) is 4.40. The Labute approximate surface area is 119 Å². The third-order valence-electron chi connectivity index (χ3n) is 2.91. The van der Waals surface area contributed by atoms with E-state index in [0.717, 1.165) is 11.1 Å². The minimum atomic E-state index is -0.401. The lowest BCUT2D eigenvalue weighted by molar-refractivity contribution is 0.306. The highest BCUT2D eigenvalue weighted by Gasteiger charge is 2.15. The maximum atomic E-state index is 6.22. The fourth-order valence-corrected chi connectivity index (χ4v) is 1.99. The summed E-state index contributed by atoms with van der Waals surface area (Å²) in [6.07, 6.45) is 0. The Bertz CT molecular complexity index is 546. The fourth-order valence-electron chi connectivity index (χ4n) is 1.75. The summed E-state index contributed by atoms with van der Waals surface area (Å²) in [6, 6.07) is 15.7. The van der Waals surface area contributed by atoms with E-state index in [1.807, 2.05) is 62.4 Å². The van der Waals surface area contributed by atoms with E-state index < -0.39 is 5.54 Å². The number of hydrogen-bond acceptors (Lipinski definition) is 2. The highest BCUT2D eigenvalue weighted by atomic mass is 35.5. The molecule has 2 N–H and O–H groups in total. The van der Waals surface area contributed by atoms with Crippen LogP contribution >= 0.6 is 11.6 Å². The molecule has 0 radical (unpaired) electrons. The molecule has 0 saturated heterocycles. The fraction of sp³-hybridized carbons (Fsp3) is 0.250. The first-order chi connectivity index (χ1) is 8.97. The lowest BCUT2D eigenvalue weighted by Gasteiger charge is -2.20. The Hall–Kier alpha value is -1.51. The molecule has 0 atom stereocenters. The summed E-state index contributed by atoms with van der Waals surface area (Å²) in [4.78, 5) is 0. The Balaban J connectivity index is 2.10. The molecule has 0 aliphatic rings. The van der Waals surface area contributed by atoms with Crippen LogP contribution in [0.15, 0.2) is 48.5 Å². The Kier molecular flexibility index (Phi) is 4.13. The molecule has 0 bridgehead atoms. The average molecular weight is 276 g/mol. The van der Waals surface area contributed by atoms with Crippen LogP contribution in [0.2, 0.25) is 5.02 Å². The van der Waals surface area contributed by atoms with Gasteiger partial charge < -0.3 is 10.5 Å². The Morgan fingerprint density at radius 2 is 1.79 bits per heavy atom. The summed E-state index contributed by atoms with van der Waals surface area (Å²) in [5.41, 5.74) is 7.74. The van der Waals surface area contributed by atoms with Crippen molar-refractivity contribution >= 4 is 11.6 Å². The van der Waals surface area contributed by atoms with Crippen LogP contribution in [0.5, 0.6) is 5.75 Å². The first-order valence-electron chi connectivity index (χ1n) is 6.22. The molecule has 19 heavy (non-hydrogen) atoms. The van der Waals surface area contributed by atoms with Gasteiger partial charge in [-0.2, -0.15) is 0 Å². The van der Waals surface area contributed by atoms with Crippen LogP contribution in [0.4, 0.5) is 0 Å². The van der Waals surface area contributed by atoms with Crippen molar-refractivity contribution in [3.63, 3.8) is 0 Å². The predicted octanol–water partition coefficient (Wildman–Crippen LogP) is 4.11. The molecule has 3 heteroatoms. The lowest BCUT2D eigenvalue weighted by atomic mass is 9.96. The van der Waals surface area contributed by atoms with E-state index in [0.29, 0.717) is 17.4 Å². The first-order valence-corrected chi connectivity index (χ1v) is 6.60. The van der Waals surface area contributed by atoms with Crippen LogP contribution in [0.1, 0.15) is 25.0 Å². The lowest BCUT2D eigenvalue weighted by Crippen LogP contribution is -2.28.